The molecule has 0 spiro atoms. The molecule has 0 radical (unpaired) electrons. The van der Waals surface area contributed by atoms with Crippen molar-refractivity contribution >= 4 is 5.97 Å². The van der Waals surface area contributed by atoms with Gasteiger partial charge < -0.3 is 10.1 Å². The van der Waals surface area contributed by atoms with E-state index in [4.69, 9.17) is 10.00 Å². The summed E-state index contributed by atoms with van der Waals surface area (Å²) >= 11 is 0. The Kier molecular flexibility index (Phi) is 5.40. The van der Waals surface area contributed by atoms with Crippen LogP contribution in [0.5, 0.6) is 0 Å². The van der Waals surface area contributed by atoms with Gasteiger partial charge in [-0.15, -0.1) is 5.10 Å². The number of nitrogens with zero attached hydrogens (tertiary/aromatic N) is 6. The van der Waals surface area contributed by atoms with Crippen LogP contribution in [-0.4, -0.2) is 50.0 Å². The molecule has 2 atom stereocenters. The maximum Gasteiger partial charge on any atom is 0.338 e. The SMILES string of the molecule is Cc1cc(-n2cc(CN3C[C@@H](c4ccc5c(c4C)COC5=O)N[C@@H](C)C3)nn2)ncc1C#N. The highest BCUT2D eigenvalue weighted by Gasteiger charge is 2.30. The Hall–Kier alpha value is -3.61. The van der Waals surface area contributed by atoms with E-state index in [9.17, 15) is 4.79 Å². The molecule has 1 N–H and O–H groups in total. The molecule has 0 unspecified atom stereocenters. The van der Waals surface area contributed by atoms with Crippen molar-refractivity contribution in [2.45, 2.75) is 46.0 Å². The molecule has 2 aromatic heterocycles. The van der Waals surface area contributed by atoms with Crippen LogP contribution < -0.4 is 5.32 Å². The van der Waals surface area contributed by atoms with Gasteiger partial charge in [-0.05, 0) is 49.6 Å². The summed E-state index contributed by atoms with van der Waals surface area (Å²) in [5.74, 6) is 0.406. The number of aromatic nitrogens is 4. The lowest BCUT2D eigenvalue weighted by atomic mass is 9.92. The maximum absolute atomic E-state index is 11.9. The predicted octanol–water partition coefficient (Wildman–Crippen LogP) is 2.36. The minimum atomic E-state index is -0.235. The summed E-state index contributed by atoms with van der Waals surface area (Å²) in [4.78, 5) is 18.6. The van der Waals surface area contributed by atoms with Crippen LogP contribution in [0.4, 0.5) is 0 Å². The molecule has 0 amide bonds. The predicted molar refractivity (Wildman–Crippen MR) is 120 cm³/mol. The van der Waals surface area contributed by atoms with Crippen molar-refractivity contribution < 1.29 is 9.53 Å². The number of nitrogens with one attached hydrogen (secondary N) is 1. The quantitative estimate of drug-likeness (QED) is 0.612. The molecule has 0 bridgehead atoms. The third-order valence-corrected chi connectivity index (χ3v) is 6.42. The smallest absolute Gasteiger partial charge is 0.338 e. The van der Waals surface area contributed by atoms with E-state index in [-0.39, 0.29) is 12.0 Å². The van der Waals surface area contributed by atoms with E-state index >= 15 is 0 Å². The summed E-state index contributed by atoms with van der Waals surface area (Å²) in [6.45, 7) is 8.86. The Labute approximate surface area is 192 Å². The van der Waals surface area contributed by atoms with E-state index in [2.05, 4.69) is 45.4 Å². The number of hydrogen-bond acceptors (Lipinski definition) is 8. The van der Waals surface area contributed by atoms with Gasteiger partial charge in [-0.3, -0.25) is 4.90 Å². The molecule has 0 saturated carbocycles. The molecule has 1 aromatic carbocycles. The molecule has 2 aliphatic rings. The van der Waals surface area contributed by atoms with Gasteiger partial charge in [-0.1, -0.05) is 11.3 Å². The number of nitriles is 1. The largest absolute Gasteiger partial charge is 0.457 e. The minimum absolute atomic E-state index is 0.146. The van der Waals surface area contributed by atoms with Crippen LogP contribution in [0.3, 0.4) is 0 Å². The standard InChI is InChI=1S/C24H25N7O2/c1-14-6-23(26-8-17(14)7-25)31-11-18(28-29-31)10-30-9-15(2)27-22(12-30)19-4-5-20-21(16(19)3)13-33-24(20)32/h4-6,8,11,15,22,27H,9-10,12-13H2,1-3H3/t15-,22-/m0/s1. The second-order valence-corrected chi connectivity index (χ2v) is 8.82. The van der Waals surface area contributed by atoms with Crippen molar-refractivity contribution in [1.82, 2.24) is 30.2 Å². The van der Waals surface area contributed by atoms with E-state index in [0.717, 1.165) is 35.5 Å². The number of pyridine rings is 1. The molecular weight excluding hydrogens is 418 g/mol. The van der Waals surface area contributed by atoms with Crippen molar-refractivity contribution in [1.29, 1.82) is 5.26 Å². The van der Waals surface area contributed by atoms with Crippen molar-refractivity contribution in [3.63, 3.8) is 0 Å². The topological polar surface area (TPSA) is 109 Å². The number of hydrogen-bond donors (Lipinski definition) is 1. The average molecular weight is 444 g/mol. The van der Waals surface area contributed by atoms with Gasteiger partial charge in [0.2, 0.25) is 0 Å². The van der Waals surface area contributed by atoms with Gasteiger partial charge in [-0.25, -0.2) is 14.5 Å². The zero-order valence-electron chi connectivity index (χ0n) is 18.9. The van der Waals surface area contributed by atoms with Crippen LogP contribution in [0.2, 0.25) is 0 Å². The van der Waals surface area contributed by atoms with E-state index in [1.54, 1.807) is 10.9 Å². The fraction of sp³-hybridized carbons (Fsp3) is 0.375. The highest BCUT2D eigenvalue weighted by Crippen LogP contribution is 2.31. The van der Waals surface area contributed by atoms with Crippen molar-refractivity contribution in [2.24, 2.45) is 0 Å². The molecule has 9 heteroatoms. The number of carbonyl (C=O) groups is 1. The average Bonchev–Trinajstić information content (AvgIpc) is 3.41. The Morgan fingerprint density at radius 3 is 2.94 bits per heavy atom. The van der Waals surface area contributed by atoms with Crippen LogP contribution >= 0.6 is 0 Å². The highest BCUT2D eigenvalue weighted by molar-refractivity contribution is 5.94. The highest BCUT2D eigenvalue weighted by atomic mass is 16.5. The van der Waals surface area contributed by atoms with Crippen LogP contribution in [0.15, 0.2) is 30.6 Å². The number of cyclic esters (lactones) is 1. The first-order chi connectivity index (χ1) is 15.9. The first kappa shape index (κ1) is 21.2. The molecule has 1 saturated heterocycles. The molecular formula is C24H25N7O2. The van der Waals surface area contributed by atoms with Gasteiger partial charge >= 0.3 is 5.97 Å². The third kappa shape index (κ3) is 3.99. The van der Waals surface area contributed by atoms with E-state index in [0.29, 0.717) is 36.1 Å². The molecule has 5 rings (SSSR count). The zero-order valence-corrected chi connectivity index (χ0v) is 18.9. The lowest BCUT2D eigenvalue weighted by Crippen LogP contribution is -2.50. The number of carbonyl (C=O) groups excluding carboxylic acids is 1. The normalized spacial score (nSPS) is 20.4. The van der Waals surface area contributed by atoms with E-state index in [1.807, 2.05) is 31.3 Å². The molecule has 3 aromatic rings. The van der Waals surface area contributed by atoms with Gasteiger partial charge in [0.1, 0.15) is 12.7 Å². The fourth-order valence-electron chi connectivity index (χ4n) is 4.73. The molecule has 168 valence electrons. The minimum Gasteiger partial charge on any atom is -0.457 e. The second-order valence-electron chi connectivity index (χ2n) is 8.82. The number of aryl methyl sites for hydroxylation is 1. The summed E-state index contributed by atoms with van der Waals surface area (Å²) < 4.78 is 6.87. The summed E-state index contributed by atoms with van der Waals surface area (Å²) in [5, 5.41) is 21.4. The number of rotatable bonds is 4. The molecule has 9 nitrogen and oxygen atoms in total. The van der Waals surface area contributed by atoms with Crippen LogP contribution in [0, 0.1) is 25.2 Å². The van der Waals surface area contributed by atoms with Gasteiger partial charge in [0.15, 0.2) is 5.82 Å². The maximum atomic E-state index is 11.9. The first-order valence-electron chi connectivity index (χ1n) is 11.0. The lowest BCUT2D eigenvalue weighted by molar-refractivity contribution is 0.0535. The third-order valence-electron chi connectivity index (χ3n) is 6.42. The number of piperazine rings is 1. The van der Waals surface area contributed by atoms with Gasteiger partial charge in [0.05, 0.1) is 23.0 Å². The summed E-state index contributed by atoms with van der Waals surface area (Å²) in [5.41, 5.74) is 6.27. The van der Waals surface area contributed by atoms with Crippen molar-refractivity contribution in [3.8, 4) is 11.9 Å². The van der Waals surface area contributed by atoms with Gasteiger partial charge in [0, 0.05) is 43.5 Å². The Bertz CT molecular complexity index is 1280. The van der Waals surface area contributed by atoms with E-state index in [1.165, 1.54) is 5.56 Å². The lowest BCUT2D eigenvalue weighted by Gasteiger charge is -2.38. The molecule has 4 heterocycles. The van der Waals surface area contributed by atoms with Crippen molar-refractivity contribution in [3.05, 3.63) is 69.7 Å². The summed E-state index contributed by atoms with van der Waals surface area (Å²) in [7, 11) is 0. The van der Waals surface area contributed by atoms with E-state index < -0.39 is 0 Å². The second kappa shape index (κ2) is 8.39. The van der Waals surface area contributed by atoms with Crippen LogP contribution in [0.25, 0.3) is 5.82 Å². The fourth-order valence-corrected chi connectivity index (χ4v) is 4.73. The zero-order chi connectivity index (χ0) is 23.1. The molecule has 0 aliphatic carbocycles. The summed E-state index contributed by atoms with van der Waals surface area (Å²) in [6, 6.07) is 8.34. The van der Waals surface area contributed by atoms with Crippen molar-refractivity contribution in [2.75, 3.05) is 13.1 Å². The molecule has 1 fully saturated rings. The number of fused-ring (bicyclic) bond motifs is 1. The van der Waals surface area contributed by atoms with Crippen LogP contribution in [0.1, 0.15) is 56.8 Å². The number of benzene rings is 1. The molecule has 33 heavy (non-hydrogen) atoms. The Balaban J connectivity index is 1.33. The van der Waals surface area contributed by atoms with Gasteiger partial charge in [0.25, 0.3) is 0 Å². The Morgan fingerprint density at radius 2 is 2.15 bits per heavy atom. The number of ether oxygens (including phenoxy) is 1. The monoisotopic (exact) mass is 443 g/mol. The molecule has 2 aliphatic heterocycles. The summed E-state index contributed by atoms with van der Waals surface area (Å²) in [6.07, 6.45) is 3.45. The number of esters is 1. The first-order valence-corrected chi connectivity index (χ1v) is 11.0. The Morgan fingerprint density at radius 1 is 1.30 bits per heavy atom. The van der Waals surface area contributed by atoms with Gasteiger partial charge in [-0.2, -0.15) is 5.26 Å². The van der Waals surface area contributed by atoms with Crippen LogP contribution in [-0.2, 0) is 17.9 Å².